The largest absolute Gasteiger partial charge is 0.395 e. The molecule has 0 aliphatic rings. The van der Waals surface area contributed by atoms with Gasteiger partial charge in [-0.25, -0.2) is 4.39 Å². The molecule has 116 valence electrons. The molecule has 6 heteroatoms. The number of benzene rings is 1. The molecule has 0 saturated heterocycles. The summed E-state index contributed by atoms with van der Waals surface area (Å²) in [5.74, 6) is -1.29. The molecule has 0 aliphatic heterocycles. The fourth-order valence-corrected chi connectivity index (χ4v) is 1.91. The number of unbranched alkanes of at least 4 members (excludes halogenated alkanes) is 1. The summed E-state index contributed by atoms with van der Waals surface area (Å²) in [7, 11) is 0. The maximum Gasteiger partial charge on any atom is 0.254 e. The van der Waals surface area contributed by atoms with Crippen LogP contribution in [0.4, 0.5) is 10.1 Å². The lowest BCUT2D eigenvalue weighted by Gasteiger charge is -2.22. The van der Waals surface area contributed by atoms with Gasteiger partial charge in [-0.15, -0.1) is 0 Å². The highest BCUT2D eigenvalue weighted by Gasteiger charge is 2.16. The molecule has 0 unspecified atom stereocenters. The van der Waals surface area contributed by atoms with Crippen molar-refractivity contribution in [3.63, 3.8) is 0 Å². The SMILES string of the molecule is CCCCN(CCO)C(=O)c1ccc(F)c(NC(C)=O)c1. The van der Waals surface area contributed by atoms with E-state index in [0.29, 0.717) is 6.54 Å². The van der Waals surface area contributed by atoms with E-state index in [9.17, 15) is 14.0 Å². The van der Waals surface area contributed by atoms with Gasteiger partial charge in [0.15, 0.2) is 0 Å². The number of carbonyl (C=O) groups is 2. The van der Waals surface area contributed by atoms with Crippen molar-refractivity contribution in [3.05, 3.63) is 29.6 Å². The molecule has 0 atom stereocenters. The summed E-state index contributed by atoms with van der Waals surface area (Å²) in [6.07, 6.45) is 1.75. The third-order valence-electron chi connectivity index (χ3n) is 2.96. The van der Waals surface area contributed by atoms with Crippen molar-refractivity contribution in [1.82, 2.24) is 4.90 Å². The number of amides is 2. The van der Waals surface area contributed by atoms with Crippen LogP contribution < -0.4 is 5.32 Å². The quantitative estimate of drug-likeness (QED) is 0.808. The van der Waals surface area contributed by atoms with E-state index in [-0.39, 0.29) is 30.3 Å². The molecule has 0 spiro atoms. The molecule has 1 aromatic rings. The molecule has 0 radical (unpaired) electrons. The van der Waals surface area contributed by atoms with Crippen molar-refractivity contribution in [3.8, 4) is 0 Å². The van der Waals surface area contributed by atoms with Crippen molar-refractivity contribution in [2.24, 2.45) is 0 Å². The van der Waals surface area contributed by atoms with Gasteiger partial charge in [0.25, 0.3) is 5.91 Å². The summed E-state index contributed by atoms with van der Waals surface area (Å²) in [5.41, 5.74) is 0.262. The molecule has 21 heavy (non-hydrogen) atoms. The molecular weight excluding hydrogens is 275 g/mol. The van der Waals surface area contributed by atoms with Crippen molar-refractivity contribution < 1.29 is 19.1 Å². The van der Waals surface area contributed by atoms with E-state index in [0.717, 1.165) is 18.9 Å². The van der Waals surface area contributed by atoms with Gasteiger partial charge in [-0.2, -0.15) is 0 Å². The van der Waals surface area contributed by atoms with Gasteiger partial charge in [0, 0.05) is 25.6 Å². The van der Waals surface area contributed by atoms with Crippen LogP contribution in [0.1, 0.15) is 37.0 Å². The summed E-state index contributed by atoms with van der Waals surface area (Å²) in [6, 6.07) is 3.84. The predicted octanol–water partition coefficient (Wildman–Crippen LogP) is 2.02. The third kappa shape index (κ3) is 5.15. The Morgan fingerprint density at radius 2 is 2.05 bits per heavy atom. The second-order valence-electron chi connectivity index (χ2n) is 4.75. The molecule has 0 saturated carbocycles. The molecule has 0 heterocycles. The van der Waals surface area contributed by atoms with Crippen LogP contribution in [0.5, 0.6) is 0 Å². The van der Waals surface area contributed by atoms with Crippen LogP contribution in [0.15, 0.2) is 18.2 Å². The summed E-state index contributed by atoms with van der Waals surface area (Å²) in [6.45, 7) is 3.91. The Balaban J connectivity index is 2.95. The van der Waals surface area contributed by atoms with E-state index in [1.54, 1.807) is 0 Å². The van der Waals surface area contributed by atoms with Crippen molar-refractivity contribution in [1.29, 1.82) is 0 Å². The van der Waals surface area contributed by atoms with Gasteiger partial charge in [0.05, 0.1) is 12.3 Å². The highest BCUT2D eigenvalue weighted by atomic mass is 19.1. The van der Waals surface area contributed by atoms with Gasteiger partial charge in [-0.1, -0.05) is 13.3 Å². The van der Waals surface area contributed by atoms with E-state index in [1.165, 1.54) is 24.0 Å². The highest BCUT2D eigenvalue weighted by Crippen LogP contribution is 2.17. The number of carbonyl (C=O) groups excluding carboxylic acids is 2. The van der Waals surface area contributed by atoms with Gasteiger partial charge in [0.2, 0.25) is 5.91 Å². The first-order chi connectivity index (χ1) is 9.99. The van der Waals surface area contributed by atoms with Crippen LogP contribution in [0.3, 0.4) is 0 Å². The minimum atomic E-state index is -0.594. The average molecular weight is 296 g/mol. The van der Waals surface area contributed by atoms with E-state index in [4.69, 9.17) is 5.11 Å². The zero-order valence-corrected chi connectivity index (χ0v) is 12.4. The van der Waals surface area contributed by atoms with Gasteiger partial charge in [-0.05, 0) is 24.6 Å². The number of halogens is 1. The van der Waals surface area contributed by atoms with Gasteiger partial charge in [-0.3, -0.25) is 9.59 Å². The topological polar surface area (TPSA) is 69.6 Å². The summed E-state index contributed by atoms with van der Waals surface area (Å²) < 4.78 is 13.6. The normalized spacial score (nSPS) is 10.3. The lowest BCUT2D eigenvalue weighted by atomic mass is 10.1. The Kier molecular flexibility index (Phi) is 6.81. The number of nitrogens with zero attached hydrogens (tertiary/aromatic N) is 1. The Hall–Kier alpha value is -1.95. The zero-order chi connectivity index (χ0) is 15.8. The first-order valence-corrected chi connectivity index (χ1v) is 6.96. The van der Waals surface area contributed by atoms with E-state index < -0.39 is 11.7 Å². The van der Waals surface area contributed by atoms with Crippen LogP contribution in [-0.4, -0.2) is 41.5 Å². The number of aliphatic hydroxyl groups is 1. The minimum Gasteiger partial charge on any atom is -0.395 e. The lowest BCUT2D eigenvalue weighted by molar-refractivity contribution is -0.114. The fourth-order valence-electron chi connectivity index (χ4n) is 1.91. The second kappa shape index (κ2) is 8.36. The zero-order valence-electron chi connectivity index (χ0n) is 12.4. The monoisotopic (exact) mass is 296 g/mol. The molecule has 1 rings (SSSR count). The van der Waals surface area contributed by atoms with Crippen molar-refractivity contribution >= 4 is 17.5 Å². The van der Waals surface area contributed by atoms with Gasteiger partial charge < -0.3 is 15.3 Å². The van der Waals surface area contributed by atoms with Crippen LogP contribution in [-0.2, 0) is 4.79 Å². The van der Waals surface area contributed by atoms with E-state index >= 15 is 0 Å². The number of nitrogens with one attached hydrogen (secondary N) is 1. The lowest BCUT2D eigenvalue weighted by Crippen LogP contribution is -2.34. The summed E-state index contributed by atoms with van der Waals surface area (Å²) in [4.78, 5) is 24.9. The maximum atomic E-state index is 13.6. The van der Waals surface area contributed by atoms with Crippen LogP contribution in [0, 0.1) is 5.82 Å². The second-order valence-corrected chi connectivity index (χ2v) is 4.75. The summed E-state index contributed by atoms with van der Waals surface area (Å²) >= 11 is 0. The first-order valence-electron chi connectivity index (χ1n) is 6.96. The highest BCUT2D eigenvalue weighted by molar-refractivity contribution is 5.96. The standard InChI is InChI=1S/C15H21FN2O3/c1-3-4-7-18(8-9-19)15(21)12-5-6-13(16)14(10-12)17-11(2)20/h5-6,10,19H,3-4,7-9H2,1-2H3,(H,17,20). The van der Waals surface area contributed by atoms with Crippen molar-refractivity contribution in [2.45, 2.75) is 26.7 Å². The molecule has 0 fully saturated rings. The molecule has 1 aromatic carbocycles. The number of hydrogen-bond donors (Lipinski definition) is 2. The smallest absolute Gasteiger partial charge is 0.254 e. The first kappa shape index (κ1) is 17.1. The average Bonchev–Trinajstić information content (AvgIpc) is 2.44. The Bertz CT molecular complexity index is 506. The molecule has 2 N–H and O–H groups in total. The number of rotatable bonds is 7. The van der Waals surface area contributed by atoms with Crippen LogP contribution in [0.25, 0.3) is 0 Å². The molecule has 0 aromatic heterocycles. The number of aliphatic hydroxyl groups excluding tert-OH is 1. The Labute approximate surface area is 123 Å². The predicted molar refractivity (Wildman–Crippen MR) is 78.6 cm³/mol. The number of hydrogen-bond acceptors (Lipinski definition) is 3. The maximum absolute atomic E-state index is 13.6. The van der Waals surface area contributed by atoms with Crippen LogP contribution >= 0.6 is 0 Å². The Morgan fingerprint density at radius 1 is 1.33 bits per heavy atom. The fraction of sp³-hybridized carbons (Fsp3) is 0.467. The molecule has 2 amide bonds. The molecule has 5 nitrogen and oxygen atoms in total. The van der Waals surface area contributed by atoms with Gasteiger partial charge >= 0.3 is 0 Å². The molecular formula is C15H21FN2O3. The minimum absolute atomic E-state index is 0.0206. The Morgan fingerprint density at radius 3 is 2.62 bits per heavy atom. The third-order valence-corrected chi connectivity index (χ3v) is 2.96. The molecule has 0 aliphatic carbocycles. The van der Waals surface area contributed by atoms with E-state index in [2.05, 4.69) is 5.32 Å². The van der Waals surface area contributed by atoms with Crippen LogP contribution in [0.2, 0.25) is 0 Å². The van der Waals surface area contributed by atoms with Crippen molar-refractivity contribution in [2.75, 3.05) is 25.0 Å². The van der Waals surface area contributed by atoms with Gasteiger partial charge in [0.1, 0.15) is 5.82 Å². The van der Waals surface area contributed by atoms with E-state index in [1.807, 2.05) is 6.92 Å². The number of anilines is 1. The molecule has 0 bridgehead atoms. The summed E-state index contributed by atoms with van der Waals surface area (Å²) in [5, 5.41) is 11.4.